The standard InChI is InChI=1S/C13H9BrN4OS2/c14-9-6-8(3-4-10(9)19)7-15-18-12(16-17-13(18)20)11-2-1-5-21-11/h1-7,19H,(H,17,20)/b15-7-. The molecular weight excluding hydrogens is 372 g/mol. The molecule has 0 unspecified atom stereocenters. The van der Waals surface area contributed by atoms with Crippen LogP contribution in [0.4, 0.5) is 0 Å². The molecule has 0 radical (unpaired) electrons. The Kier molecular flexibility index (Phi) is 4.00. The molecule has 2 heterocycles. The van der Waals surface area contributed by atoms with Crippen molar-refractivity contribution in [3.63, 3.8) is 0 Å². The van der Waals surface area contributed by atoms with E-state index < -0.39 is 0 Å². The average Bonchev–Trinajstić information content (AvgIpc) is 3.10. The average molecular weight is 381 g/mol. The predicted octanol–water partition coefficient (Wildman–Crippen LogP) is 4.02. The van der Waals surface area contributed by atoms with E-state index in [1.54, 1.807) is 40.4 Å². The number of nitrogens with zero attached hydrogens (tertiary/aromatic N) is 3. The van der Waals surface area contributed by atoms with Crippen molar-refractivity contribution in [2.45, 2.75) is 0 Å². The minimum atomic E-state index is 0.186. The first-order valence-corrected chi connectivity index (χ1v) is 7.97. The summed E-state index contributed by atoms with van der Waals surface area (Å²) in [7, 11) is 0. The van der Waals surface area contributed by atoms with E-state index in [2.05, 4.69) is 31.2 Å². The largest absolute Gasteiger partial charge is 0.507 e. The number of aromatic hydroxyl groups is 1. The maximum atomic E-state index is 9.48. The van der Waals surface area contributed by atoms with Crippen LogP contribution in [0, 0.1) is 4.77 Å². The van der Waals surface area contributed by atoms with Crippen molar-refractivity contribution in [3.8, 4) is 16.5 Å². The number of hydrogen-bond donors (Lipinski definition) is 2. The fourth-order valence-corrected chi connectivity index (χ4v) is 2.97. The Bertz CT molecular complexity index is 851. The van der Waals surface area contributed by atoms with E-state index in [0.717, 1.165) is 10.4 Å². The molecule has 21 heavy (non-hydrogen) atoms. The second-order valence-corrected chi connectivity index (χ2v) is 6.29. The second kappa shape index (κ2) is 5.92. The molecule has 5 nitrogen and oxygen atoms in total. The molecular formula is C13H9BrN4OS2. The molecule has 0 aliphatic heterocycles. The summed E-state index contributed by atoms with van der Waals surface area (Å²) < 4.78 is 2.61. The number of thiophene rings is 1. The van der Waals surface area contributed by atoms with Crippen molar-refractivity contribution in [1.29, 1.82) is 0 Å². The number of aromatic amines is 1. The van der Waals surface area contributed by atoms with Crippen LogP contribution in [0.2, 0.25) is 0 Å². The Morgan fingerprint density at radius 2 is 2.29 bits per heavy atom. The highest BCUT2D eigenvalue weighted by atomic mass is 79.9. The van der Waals surface area contributed by atoms with E-state index in [0.29, 0.717) is 15.1 Å². The van der Waals surface area contributed by atoms with Crippen LogP contribution < -0.4 is 0 Å². The molecule has 2 N–H and O–H groups in total. The summed E-state index contributed by atoms with van der Waals surface area (Å²) in [6, 6.07) is 9.04. The molecule has 3 aromatic rings. The lowest BCUT2D eigenvalue weighted by Crippen LogP contribution is -1.93. The lowest BCUT2D eigenvalue weighted by Gasteiger charge is -1.99. The van der Waals surface area contributed by atoms with Gasteiger partial charge in [0.05, 0.1) is 15.6 Å². The number of nitrogens with one attached hydrogen (secondary N) is 1. The van der Waals surface area contributed by atoms with E-state index in [1.165, 1.54) is 0 Å². The zero-order chi connectivity index (χ0) is 14.8. The summed E-state index contributed by atoms with van der Waals surface area (Å²) in [6.45, 7) is 0. The number of rotatable bonds is 3. The number of benzene rings is 1. The number of H-pyrrole nitrogens is 1. The minimum Gasteiger partial charge on any atom is -0.507 e. The topological polar surface area (TPSA) is 66.2 Å². The lowest BCUT2D eigenvalue weighted by atomic mass is 10.2. The van der Waals surface area contributed by atoms with E-state index in [4.69, 9.17) is 12.2 Å². The van der Waals surface area contributed by atoms with Crippen LogP contribution in [-0.2, 0) is 0 Å². The molecule has 0 saturated heterocycles. The maximum Gasteiger partial charge on any atom is 0.216 e. The third-order valence-electron chi connectivity index (χ3n) is 2.69. The molecule has 3 rings (SSSR count). The molecule has 8 heteroatoms. The summed E-state index contributed by atoms with van der Waals surface area (Å²) in [5.74, 6) is 0.857. The summed E-state index contributed by atoms with van der Waals surface area (Å²) in [4.78, 5) is 0.978. The van der Waals surface area contributed by atoms with E-state index >= 15 is 0 Å². The van der Waals surface area contributed by atoms with Crippen LogP contribution in [0.25, 0.3) is 10.7 Å². The van der Waals surface area contributed by atoms with E-state index in [-0.39, 0.29) is 5.75 Å². The highest BCUT2D eigenvalue weighted by Gasteiger charge is 2.08. The van der Waals surface area contributed by atoms with Crippen LogP contribution in [0.3, 0.4) is 0 Å². The first kappa shape index (κ1) is 14.2. The van der Waals surface area contributed by atoms with Gasteiger partial charge in [0.2, 0.25) is 4.77 Å². The Balaban J connectivity index is 1.98. The van der Waals surface area contributed by atoms with E-state index in [9.17, 15) is 5.11 Å². The molecule has 106 valence electrons. The van der Waals surface area contributed by atoms with Gasteiger partial charge in [-0.3, -0.25) is 0 Å². The molecule has 0 spiro atoms. The summed E-state index contributed by atoms with van der Waals surface area (Å²) in [6.07, 6.45) is 1.66. The van der Waals surface area contributed by atoms with Crippen LogP contribution in [0.1, 0.15) is 5.56 Å². The van der Waals surface area contributed by atoms with Crippen molar-refractivity contribution >= 4 is 45.7 Å². The Morgan fingerprint density at radius 3 is 3.00 bits per heavy atom. The smallest absolute Gasteiger partial charge is 0.216 e. The van der Waals surface area contributed by atoms with E-state index in [1.807, 2.05) is 17.5 Å². The quantitative estimate of drug-likeness (QED) is 0.532. The van der Waals surface area contributed by atoms with Crippen LogP contribution in [0.5, 0.6) is 5.75 Å². The maximum absolute atomic E-state index is 9.48. The lowest BCUT2D eigenvalue weighted by molar-refractivity contribution is 0.472. The van der Waals surface area contributed by atoms with Gasteiger partial charge in [0, 0.05) is 0 Å². The Hall–Kier alpha value is -1.77. The summed E-state index contributed by atoms with van der Waals surface area (Å²) in [5, 5.41) is 22.8. The van der Waals surface area contributed by atoms with Gasteiger partial charge < -0.3 is 5.11 Å². The number of phenolic OH excluding ortho intramolecular Hbond substituents is 1. The zero-order valence-electron chi connectivity index (χ0n) is 10.5. The number of hydrogen-bond acceptors (Lipinski definition) is 5. The van der Waals surface area contributed by atoms with Crippen LogP contribution in [-0.4, -0.2) is 26.2 Å². The highest BCUT2D eigenvalue weighted by molar-refractivity contribution is 9.10. The molecule has 2 aromatic heterocycles. The number of phenols is 1. The van der Waals surface area contributed by atoms with Gasteiger partial charge in [-0.15, -0.1) is 11.3 Å². The third kappa shape index (κ3) is 2.97. The second-order valence-electron chi connectivity index (χ2n) is 4.10. The summed E-state index contributed by atoms with van der Waals surface area (Å²) >= 11 is 10.0. The molecule has 0 amide bonds. The van der Waals surface area contributed by atoms with Crippen molar-refractivity contribution in [3.05, 3.63) is 50.5 Å². The first-order chi connectivity index (χ1) is 10.1. The van der Waals surface area contributed by atoms with Gasteiger partial charge in [-0.25, -0.2) is 5.10 Å². The first-order valence-electron chi connectivity index (χ1n) is 5.89. The van der Waals surface area contributed by atoms with Gasteiger partial charge in [-0.2, -0.15) is 14.9 Å². The van der Waals surface area contributed by atoms with Gasteiger partial charge in [-0.1, -0.05) is 6.07 Å². The van der Waals surface area contributed by atoms with Crippen molar-refractivity contribution in [2.75, 3.05) is 0 Å². The monoisotopic (exact) mass is 380 g/mol. The number of halogens is 1. The predicted molar refractivity (Wildman–Crippen MR) is 89.5 cm³/mol. The molecule has 0 fully saturated rings. The van der Waals surface area contributed by atoms with Crippen LogP contribution >= 0.6 is 39.5 Å². The molecule has 0 saturated carbocycles. The fourth-order valence-electron chi connectivity index (χ4n) is 1.69. The zero-order valence-corrected chi connectivity index (χ0v) is 13.7. The number of aromatic nitrogens is 3. The SMILES string of the molecule is Oc1ccc(/C=N\n2c(-c3cccs3)n[nH]c2=S)cc1Br. The van der Waals surface area contributed by atoms with Crippen molar-refractivity contribution < 1.29 is 5.11 Å². The van der Waals surface area contributed by atoms with Crippen molar-refractivity contribution in [1.82, 2.24) is 14.9 Å². The van der Waals surface area contributed by atoms with Crippen LogP contribution in [0.15, 0.2) is 45.3 Å². The molecule has 0 aliphatic carbocycles. The van der Waals surface area contributed by atoms with Gasteiger partial charge in [0.25, 0.3) is 0 Å². The Labute approximate surface area is 137 Å². The fraction of sp³-hybridized carbons (Fsp3) is 0. The normalized spacial score (nSPS) is 11.3. The third-order valence-corrected chi connectivity index (χ3v) is 4.45. The summed E-state index contributed by atoms with van der Waals surface area (Å²) in [5.41, 5.74) is 0.833. The molecule has 0 aliphatic rings. The van der Waals surface area contributed by atoms with Gasteiger partial charge in [-0.05, 0) is 63.4 Å². The van der Waals surface area contributed by atoms with Gasteiger partial charge >= 0.3 is 0 Å². The molecule has 0 bridgehead atoms. The molecule has 1 aromatic carbocycles. The van der Waals surface area contributed by atoms with Gasteiger partial charge in [0.1, 0.15) is 5.75 Å². The minimum absolute atomic E-state index is 0.186. The van der Waals surface area contributed by atoms with Gasteiger partial charge in [0.15, 0.2) is 5.82 Å². The Morgan fingerprint density at radius 1 is 1.43 bits per heavy atom. The highest BCUT2D eigenvalue weighted by Crippen LogP contribution is 2.24. The van der Waals surface area contributed by atoms with Crippen molar-refractivity contribution in [2.24, 2.45) is 5.10 Å². The molecule has 0 atom stereocenters.